The Labute approximate surface area is 122 Å². The summed E-state index contributed by atoms with van der Waals surface area (Å²) in [5, 5.41) is 11.5. The summed E-state index contributed by atoms with van der Waals surface area (Å²) in [6, 6.07) is 15.5. The standard InChI is InChI=1S/C16H15NO4/c18-15(17-10-12-4-2-1-3-5-12)11-21-14-8-6-13(7-9-14)16(19)20/h1-9H,10-11H2,(H,17,18)(H,19,20). The zero-order chi connectivity index (χ0) is 15.1. The smallest absolute Gasteiger partial charge is 0.335 e. The minimum absolute atomic E-state index is 0.112. The van der Waals surface area contributed by atoms with Gasteiger partial charge in [0.05, 0.1) is 5.56 Å². The van der Waals surface area contributed by atoms with E-state index in [1.165, 1.54) is 24.3 Å². The van der Waals surface area contributed by atoms with Crippen LogP contribution in [0.3, 0.4) is 0 Å². The molecule has 0 spiro atoms. The number of amides is 1. The SMILES string of the molecule is O=C(COc1ccc(C(=O)O)cc1)NCc1ccccc1. The highest BCUT2D eigenvalue weighted by Crippen LogP contribution is 2.11. The molecule has 108 valence electrons. The van der Waals surface area contributed by atoms with Gasteiger partial charge in [-0.3, -0.25) is 4.79 Å². The predicted molar refractivity (Wildman–Crippen MR) is 77.2 cm³/mol. The molecule has 2 N–H and O–H groups in total. The van der Waals surface area contributed by atoms with Crippen LogP contribution in [-0.4, -0.2) is 23.6 Å². The summed E-state index contributed by atoms with van der Waals surface area (Å²) in [7, 11) is 0. The monoisotopic (exact) mass is 285 g/mol. The minimum Gasteiger partial charge on any atom is -0.484 e. The van der Waals surface area contributed by atoms with E-state index in [2.05, 4.69) is 5.32 Å². The Balaban J connectivity index is 1.77. The molecule has 0 heterocycles. The largest absolute Gasteiger partial charge is 0.484 e. The minimum atomic E-state index is -0.998. The van der Waals surface area contributed by atoms with Crippen molar-refractivity contribution in [3.05, 3.63) is 65.7 Å². The molecule has 2 rings (SSSR count). The predicted octanol–water partition coefficient (Wildman–Crippen LogP) is 2.08. The molecule has 2 aromatic rings. The van der Waals surface area contributed by atoms with E-state index in [9.17, 15) is 9.59 Å². The number of hydrogen-bond acceptors (Lipinski definition) is 3. The molecule has 0 aliphatic rings. The molecule has 1 amide bonds. The molecule has 0 fully saturated rings. The Morgan fingerprint density at radius 3 is 2.29 bits per heavy atom. The topological polar surface area (TPSA) is 75.6 Å². The zero-order valence-corrected chi connectivity index (χ0v) is 11.3. The fourth-order valence-electron chi connectivity index (χ4n) is 1.69. The van der Waals surface area contributed by atoms with Crippen molar-refractivity contribution in [2.24, 2.45) is 0 Å². The molecule has 21 heavy (non-hydrogen) atoms. The number of benzene rings is 2. The first-order chi connectivity index (χ1) is 10.1. The summed E-state index contributed by atoms with van der Waals surface area (Å²) in [5.74, 6) is -0.779. The van der Waals surface area contributed by atoms with E-state index in [4.69, 9.17) is 9.84 Å². The summed E-state index contributed by atoms with van der Waals surface area (Å²) in [6.45, 7) is 0.334. The second-order valence-electron chi connectivity index (χ2n) is 4.38. The van der Waals surface area contributed by atoms with Crippen molar-refractivity contribution in [1.29, 1.82) is 0 Å². The molecule has 0 saturated carbocycles. The Kier molecular flexibility index (Phi) is 4.93. The van der Waals surface area contributed by atoms with E-state index in [1.54, 1.807) is 0 Å². The van der Waals surface area contributed by atoms with Crippen LogP contribution in [0, 0.1) is 0 Å². The number of aromatic carboxylic acids is 1. The lowest BCUT2D eigenvalue weighted by atomic mass is 10.2. The Morgan fingerprint density at radius 1 is 1.00 bits per heavy atom. The molecule has 0 unspecified atom stereocenters. The lowest BCUT2D eigenvalue weighted by Gasteiger charge is -2.07. The molecule has 5 nitrogen and oxygen atoms in total. The van der Waals surface area contributed by atoms with Crippen LogP contribution in [-0.2, 0) is 11.3 Å². The number of carboxylic acid groups (broad SMARTS) is 1. The van der Waals surface area contributed by atoms with Gasteiger partial charge in [-0.1, -0.05) is 30.3 Å². The maximum atomic E-state index is 11.6. The lowest BCUT2D eigenvalue weighted by molar-refractivity contribution is -0.123. The number of rotatable bonds is 6. The molecule has 0 radical (unpaired) electrons. The van der Waals surface area contributed by atoms with Crippen LogP contribution in [0.15, 0.2) is 54.6 Å². The highest BCUT2D eigenvalue weighted by molar-refractivity contribution is 5.87. The average Bonchev–Trinajstić information content (AvgIpc) is 2.52. The van der Waals surface area contributed by atoms with Crippen LogP contribution < -0.4 is 10.1 Å². The van der Waals surface area contributed by atoms with Crippen molar-refractivity contribution < 1.29 is 19.4 Å². The van der Waals surface area contributed by atoms with Crippen LogP contribution in [0.4, 0.5) is 0 Å². The van der Waals surface area contributed by atoms with E-state index in [0.717, 1.165) is 5.56 Å². The van der Waals surface area contributed by atoms with Crippen molar-refractivity contribution in [3.8, 4) is 5.75 Å². The van der Waals surface area contributed by atoms with Gasteiger partial charge >= 0.3 is 5.97 Å². The molecule has 0 bridgehead atoms. The number of carbonyl (C=O) groups excluding carboxylic acids is 1. The van der Waals surface area contributed by atoms with Crippen LogP contribution in [0.2, 0.25) is 0 Å². The van der Waals surface area contributed by atoms with Gasteiger partial charge in [-0.05, 0) is 29.8 Å². The van der Waals surface area contributed by atoms with E-state index in [1.807, 2.05) is 30.3 Å². The number of carboxylic acids is 1. The number of ether oxygens (including phenoxy) is 1. The number of carbonyl (C=O) groups is 2. The van der Waals surface area contributed by atoms with Gasteiger partial charge in [-0.2, -0.15) is 0 Å². The third-order valence-electron chi connectivity index (χ3n) is 2.80. The molecule has 2 aromatic carbocycles. The fraction of sp³-hybridized carbons (Fsp3) is 0.125. The zero-order valence-electron chi connectivity index (χ0n) is 11.3. The normalized spacial score (nSPS) is 9.90. The third kappa shape index (κ3) is 4.65. The first kappa shape index (κ1) is 14.6. The van der Waals surface area contributed by atoms with Gasteiger partial charge in [0.2, 0.25) is 0 Å². The molecular weight excluding hydrogens is 270 g/mol. The molecule has 0 saturated heterocycles. The summed E-state index contributed by atoms with van der Waals surface area (Å²) in [6.07, 6.45) is 0. The van der Waals surface area contributed by atoms with Crippen LogP contribution in [0.1, 0.15) is 15.9 Å². The summed E-state index contributed by atoms with van der Waals surface area (Å²) < 4.78 is 5.29. The average molecular weight is 285 g/mol. The first-order valence-corrected chi connectivity index (χ1v) is 6.42. The summed E-state index contributed by atoms with van der Waals surface area (Å²) in [5.41, 5.74) is 1.19. The molecule has 0 aliphatic heterocycles. The van der Waals surface area contributed by atoms with Gasteiger partial charge in [-0.25, -0.2) is 4.79 Å². The highest BCUT2D eigenvalue weighted by atomic mass is 16.5. The Morgan fingerprint density at radius 2 is 1.67 bits per heavy atom. The van der Waals surface area contributed by atoms with Crippen molar-refractivity contribution in [2.75, 3.05) is 6.61 Å². The lowest BCUT2D eigenvalue weighted by Crippen LogP contribution is -2.28. The van der Waals surface area contributed by atoms with Crippen molar-refractivity contribution in [2.45, 2.75) is 6.54 Å². The maximum absolute atomic E-state index is 11.6. The number of hydrogen-bond donors (Lipinski definition) is 2. The van der Waals surface area contributed by atoms with Gasteiger partial charge in [0.25, 0.3) is 5.91 Å². The van der Waals surface area contributed by atoms with Crippen LogP contribution in [0.5, 0.6) is 5.75 Å². The highest BCUT2D eigenvalue weighted by Gasteiger charge is 2.05. The van der Waals surface area contributed by atoms with Gasteiger partial charge in [0.15, 0.2) is 6.61 Å². The third-order valence-corrected chi connectivity index (χ3v) is 2.80. The summed E-state index contributed by atoms with van der Waals surface area (Å²) >= 11 is 0. The molecule has 0 aliphatic carbocycles. The van der Waals surface area contributed by atoms with E-state index >= 15 is 0 Å². The Hall–Kier alpha value is -2.82. The number of nitrogens with one attached hydrogen (secondary N) is 1. The van der Waals surface area contributed by atoms with Gasteiger partial charge in [0.1, 0.15) is 5.75 Å². The quantitative estimate of drug-likeness (QED) is 0.852. The molecule has 5 heteroatoms. The van der Waals surface area contributed by atoms with E-state index < -0.39 is 5.97 Å². The maximum Gasteiger partial charge on any atom is 0.335 e. The molecule has 0 atom stereocenters. The first-order valence-electron chi connectivity index (χ1n) is 6.42. The second kappa shape index (κ2) is 7.09. The van der Waals surface area contributed by atoms with E-state index in [-0.39, 0.29) is 18.1 Å². The van der Waals surface area contributed by atoms with Crippen LogP contribution >= 0.6 is 0 Å². The molecule has 0 aromatic heterocycles. The van der Waals surface area contributed by atoms with Crippen molar-refractivity contribution in [1.82, 2.24) is 5.32 Å². The van der Waals surface area contributed by atoms with Crippen molar-refractivity contribution >= 4 is 11.9 Å². The van der Waals surface area contributed by atoms with Gasteiger partial charge in [0, 0.05) is 6.54 Å². The van der Waals surface area contributed by atoms with E-state index in [0.29, 0.717) is 12.3 Å². The van der Waals surface area contributed by atoms with Crippen LogP contribution in [0.25, 0.3) is 0 Å². The Bertz CT molecular complexity index is 608. The fourth-order valence-corrected chi connectivity index (χ4v) is 1.69. The molecular formula is C16H15NO4. The van der Waals surface area contributed by atoms with Gasteiger partial charge < -0.3 is 15.2 Å². The summed E-state index contributed by atoms with van der Waals surface area (Å²) in [4.78, 5) is 22.3. The van der Waals surface area contributed by atoms with Gasteiger partial charge in [-0.15, -0.1) is 0 Å². The second-order valence-corrected chi connectivity index (χ2v) is 4.38. The van der Waals surface area contributed by atoms with Crippen molar-refractivity contribution in [3.63, 3.8) is 0 Å².